The lowest BCUT2D eigenvalue weighted by Crippen LogP contribution is -2.43. The van der Waals surface area contributed by atoms with Crippen molar-refractivity contribution in [3.8, 4) is 0 Å². The molecule has 1 aliphatic rings. The molecular weight excluding hydrogens is 353 g/mol. The van der Waals surface area contributed by atoms with E-state index in [2.05, 4.69) is 5.32 Å². The lowest BCUT2D eigenvalue weighted by Gasteiger charge is -2.34. The highest BCUT2D eigenvalue weighted by atomic mass is 19.4. The van der Waals surface area contributed by atoms with E-state index in [1.54, 1.807) is 4.90 Å². The van der Waals surface area contributed by atoms with Crippen molar-refractivity contribution >= 4 is 11.7 Å². The molecule has 2 aromatic carbocycles. The quantitative estimate of drug-likeness (QED) is 0.690. The van der Waals surface area contributed by atoms with E-state index in [1.807, 2.05) is 30.3 Å². The Morgan fingerprint density at radius 2 is 1.70 bits per heavy atom. The zero-order chi connectivity index (χ0) is 19.3. The van der Waals surface area contributed by atoms with Crippen LogP contribution >= 0.6 is 0 Å². The van der Waals surface area contributed by atoms with Crippen molar-refractivity contribution in [1.29, 1.82) is 0 Å². The van der Waals surface area contributed by atoms with Crippen molar-refractivity contribution in [3.05, 3.63) is 65.7 Å². The summed E-state index contributed by atoms with van der Waals surface area (Å²) in [5.74, 6) is 0. The van der Waals surface area contributed by atoms with Crippen LogP contribution in [0.5, 0.6) is 0 Å². The second-order valence-corrected chi connectivity index (χ2v) is 6.91. The third kappa shape index (κ3) is 5.25. The number of benzene rings is 2. The molecule has 2 amide bonds. The largest absolute Gasteiger partial charge is 0.416 e. The van der Waals surface area contributed by atoms with Crippen molar-refractivity contribution in [2.75, 3.05) is 5.32 Å². The molecule has 1 aliphatic carbocycles. The molecule has 1 saturated carbocycles. The molecule has 0 aromatic heterocycles. The third-order valence-corrected chi connectivity index (χ3v) is 4.91. The first kappa shape index (κ1) is 19.3. The molecule has 2 aromatic rings. The molecule has 3 nitrogen and oxygen atoms in total. The van der Waals surface area contributed by atoms with E-state index in [-0.39, 0.29) is 17.8 Å². The molecule has 27 heavy (non-hydrogen) atoms. The number of amides is 2. The van der Waals surface area contributed by atoms with Crippen LogP contribution in [-0.2, 0) is 12.7 Å². The van der Waals surface area contributed by atoms with E-state index in [9.17, 15) is 18.0 Å². The molecule has 0 radical (unpaired) electrons. The van der Waals surface area contributed by atoms with Crippen molar-refractivity contribution in [3.63, 3.8) is 0 Å². The van der Waals surface area contributed by atoms with Gasteiger partial charge in [-0.1, -0.05) is 55.7 Å². The van der Waals surface area contributed by atoms with Crippen LogP contribution in [0.1, 0.15) is 43.2 Å². The van der Waals surface area contributed by atoms with Crippen LogP contribution in [0.25, 0.3) is 0 Å². The van der Waals surface area contributed by atoms with E-state index in [4.69, 9.17) is 0 Å². The molecule has 1 fully saturated rings. The van der Waals surface area contributed by atoms with E-state index < -0.39 is 11.7 Å². The number of hydrogen-bond acceptors (Lipinski definition) is 1. The van der Waals surface area contributed by atoms with Crippen LogP contribution in [0.3, 0.4) is 0 Å². The maximum Gasteiger partial charge on any atom is 0.416 e. The molecule has 0 spiro atoms. The lowest BCUT2D eigenvalue weighted by atomic mass is 9.94. The second kappa shape index (κ2) is 8.46. The van der Waals surface area contributed by atoms with E-state index in [0.717, 1.165) is 49.8 Å². The molecule has 3 rings (SSSR count). The molecule has 0 aliphatic heterocycles. The minimum atomic E-state index is -4.44. The fraction of sp³-hybridized carbons (Fsp3) is 0.381. The van der Waals surface area contributed by atoms with E-state index in [1.165, 1.54) is 12.1 Å². The van der Waals surface area contributed by atoms with Gasteiger partial charge in [0.15, 0.2) is 0 Å². The average Bonchev–Trinajstić information content (AvgIpc) is 2.67. The standard InChI is InChI=1S/C21H23F3N2O/c22-21(23,24)17-10-7-11-18(14-17)25-20(27)26(19-12-5-2-6-13-19)15-16-8-3-1-4-9-16/h1,3-4,7-11,14,19H,2,5-6,12-13,15H2,(H,25,27). The van der Waals surface area contributed by atoms with Crippen LogP contribution < -0.4 is 5.32 Å². The summed E-state index contributed by atoms with van der Waals surface area (Å²) in [6, 6.07) is 14.2. The van der Waals surface area contributed by atoms with Crippen molar-refractivity contribution in [1.82, 2.24) is 4.90 Å². The number of carbonyl (C=O) groups excluding carboxylic acids is 1. The predicted octanol–water partition coefficient (Wildman–Crippen LogP) is 6.07. The Morgan fingerprint density at radius 1 is 1.00 bits per heavy atom. The Balaban J connectivity index is 1.78. The highest BCUT2D eigenvalue weighted by Crippen LogP contribution is 2.31. The first-order valence-electron chi connectivity index (χ1n) is 9.22. The lowest BCUT2D eigenvalue weighted by molar-refractivity contribution is -0.137. The second-order valence-electron chi connectivity index (χ2n) is 6.91. The van der Waals surface area contributed by atoms with Gasteiger partial charge in [-0.2, -0.15) is 13.2 Å². The summed E-state index contributed by atoms with van der Waals surface area (Å²) in [6.45, 7) is 0.441. The monoisotopic (exact) mass is 376 g/mol. The highest BCUT2D eigenvalue weighted by Gasteiger charge is 2.31. The topological polar surface area (TPSA) is 32.3 Å². The summed E-state index contributed by atoms with van der Waals surface area (Å²) in [4.78, 5) is 14.7. The molecule has 0 atom stereocenters. The Morgan fingerprint density at radius 3 is 2.37 bits per heavy atom. The summed E-state index contributed by atoms with van der Waals surface area (Å²) in [6.07, 6.45) is 0.685. The maximum atomic E-state index is 12.9. The van der Waals surface area contributed by atoms with E-state index >= 15 is 0 Å². The first-order valence-corrected chi connectivity index (χ1v) is 9.22. The summed E-state index contributed by atoms with van der Waals surface area (Å²) in [5, 5.41) is 2.66. The molecule has 144 valence electrons. The predicted molar refractivity (Wildman–Crippen MR) is 99.3 cm³/mol. The summed E-state index contributed by atoms with van der Waals surface area (Å²) >= 11 is 0. The molecule has 0 bridgehead atoms. The number of carbonyl (C=O) groups is 1. The minimum absolute atomic E-state index is 0.102. The molecule has 6 heteroatoms. The van der Waals surface area contributed by atoms with Crippen LogP contribution in [-0.4, -0.2) is 17.0 Å². The van der Waals surface area contributed by atoms with E-state index in [0.29, 0.717) is 6.54 Å². The zero-order valence-corrected chi connectivity index (χ0v) is 15.0. The molecule has 1 N–H and O–H groups in total. The average molecular weight is 376 g/mol. The van der Waals surface area contributed by atoms with Crippen LogP contribution in [0.2, 0.25) is 0 Å². The van der Waals surface area contributed by atoms with Gasteiger partial charge in [-0.25, -0.2) is 4.79 Å². The summed E-state index contributed by atoms with van der Waals surface area (Å²) in [7, 11) is 0. The Kier molecular flexibility index (Phi) is 6.04. The number of halogens is 3. The van der Waals surface area contributed by atoms with Crippen molar-refractivity contribution < 1.29 is 18.0 Å². The van der Waals surface area contributed by atoms with Gasteiger partial charge in [0.05, 0.1) is 5.56 Å². The number of hydrogen-bond donors (Lipinski definition) is 1. The number of nitrogens with one attached hydrogen (secondary N) is 1. The SMILES string of the molecule is O=C(Nc1cccc(C(F)(F)F)c1)N(Cc1ccccc1)C1CCCCC1. The molecular formula is C21H23F3N2O. The summed E-state index contributed by atoms with van der Waals surface area (Å²) in [5.41, 5.74) is 0.388. The van der Waals surface area contributed by atoms with Gasteiger partial charge in [-0.15, -0.1) is 0 Å². The number of nitrogens with zero attached hydrogens (tertiary/aromatic N) is 1. The molecule has 0 heterocycles. The van der Waals surface area contributed by atoms with Crippen LogP contribution in [0.15, 0.2) is 54.6 Å². The third-order valence-electron chi connectivity index (χ3n) is 4.91. The Bertz CT molecular complexity index is 756. The number of rotatable bonds is 4. The van der Waals surface area contributed by atoms with Gasteiger partial charge in [-0.05, 0) is 36.6 Å². The van der Waals surface area contributed by atoms with Gasteiger partial charge < -0.3 is 10.2 Å². The minimum Gasteiger partial charge on any atom is -0.317 e. The zero-order valence-electron chi connectivity index (χ0n) is 15.0. The normalized spacial score (nSPS) is 15.4. The van der Waals surface area contributed by atoms with Crippen molar-refractivity contribution in [2.24, 2.45) is 0 Å². The number of anilines is 1. The van der Waals surface area contributed by atoms with Gasteiger partial charge in [-0.3, -0.25) is 0 Å². The molecule has 0 saturated heterocycles. The fourth-order valence-electron chi connectivity index (χ4n) is 3.51. The Labute approximate surface area is 157 Å². The van der Waals surface area contributed by atoms with Gasteiger partial charge >= 0.3 is 12.2 Å². The first-order chi connectivity index (χ1) is 12.9. The van der Waals surface area contributed by atoms with Crippen LogP contribution in [0, 0.1) is 0 Å². The van der Waals surface area contributed by atoms with Crippen LogP contribution in [0.4, 0.5) is 23.7 Å². The number of urea groups is 1. The fourth-order valence-corrected chi connectivity index (χ4v) is 3.51. The van der Waals surface area contributed by atoms with Gasteiger partial charge in [0, 0.05) is 18.3 Å². The van der Waals surface area contributed by atoms with Gasteiger partial charge in [0.25, 0.3) is 0 Å². The van der Waals surface area contributed by atoms with Crippen molar-refractivity contribution in [2.45, 2.75) is 50.9 Å². The number of alkyl halides is 3. The summed E-state index contributed by atoms with van der Waals surface area (Å²) < 4.78 is 38.8. The van der Waals surface area contributed by atoms with Gasteiger partial charge in [0.2, 0.25) is 0 Å². The van der Waals surface area contributed by atoms with Gasteiger partial charge in [0.1, 0.15) is 0 Å². The molecule has 0 unspecified atom stereocenters. The smallest absolute Gasteiger partial charge is 0.317 e. The highest BCUT2D eigenvalue weighted by molar-refractivity contribution is 5.89. The maximum absolute atomic E-state index is 12.9. The Hall–Kier alpha value is -2.50.